The minimum absolute atomic E-state index is 0.142. The number of alkyl halides is 1. The van der Waals surface area contributed by atoms with Crippen LogP contribution < -0.4 is 5.56 Å². The standard InChI is InChI=1S/C18H16ClN5O/c19-8-10-23-16(13-5-4-9-20-11-13)22-17-15(18(23)25)12-21-24(17)14-6-2-1-3-7-14/h2,4-7,9,11-12H,1,3,8,10H2. The number of aromatic nitrogens is 5. The molecule has 0 radical (unpaired) electrons. The van der Waals surface area contributed by atoms with Gasteiger partial charge in [0.25, 0.3) is 5.56 Å². The van der Waals surface area contributed by atoms with Gasteiger partial charge in [0.15, 0.2) is 5.65 Å². The fraction of sp³-hybridized carbons (Fsp3) is 0.222. The van der Waals surface area contributed by atoms with Gasteiger partial charge in [-0.2, -0.15) is 5.10 Å². The summed E-state index contributed by atoms with van der Waals surface area (Å²) >= 11 is 5.90. The molecule has 0 saturated heterocycles. The van der Waals surface area contributed by atoms with Crippen LogP contribution in [0, 0.1) is 0 Å². The van der Waals surface area contributed by atoms with Crippen LogP contribution >= 0.6 is 11.6 Å². The topological polar surface area (TPSA) is 65.6 Å². The molecular formula is C18H16ClN5O. The molecule has 0 aliphatic heterocycles. The molecule has 0 saturated carbocycles. The maximum absolute atomic E-state index is 13.0. The predicted octanol–water partition coefficient (Wildman–Crippen LogP) is 3.08. The molecule has 25 heavy (non-hydrogen) atoms. The molecule has 0 spiro atoms. The molecule has 3 aromatic rings. The van der Waals surface area contributed by atoms with Gasteiger partial charge in [-0.1, -0.05) is 12.2 Å². The second-order valence-corrected chi connectivity index (χ2v) is 6.10. The van der Waals surface area contributed by atoms with Crippen molar-refractivity contribution in [2.24, 2.45) is 0 Å². The average Bonchev–Trinajstić information content (AvgIpc) is 3.09. The zero-order chi connectivity index (χ0) is 17.2. The molecule has 7 heteroatoms. The second-order valence-electron chi connectivity index (χ2n) is 5.73. The maximum atomic E-state index is 13.0. The Labute approximate surface area is 149 Å². The Kier molecular flexibility index (Phi) is 4.19. The van der Waals surface area contributed by atoms with Gasteiger partial charge < -0.3 is 0 Å². The largest absolute Gasteiger partial charge is 0.291 e. The third-order valence-electron chi connectivity index (χ3n) is 4.13. The molecule has 6 nitrogen and oxygen atoms in total. The van der Waals surface area contributed by atoms with Crippen molar-refractivity contribution in [1.82, 2.24) is 24.3 Å². The quantitative estimate of drug-likeness (QED) is 0.676. The van der Waals surface area contributed by atoms with Gasteiger partial charge in [-0.3, -0.25) is 14.3 Å². The zero-order valence-corrected chi connectivity index (χ0v) is 14.2. The van der Waals surface area contributed by atoms with E-state index in [1.54, 1.807) is 27.8 Å². The lowest BCUT2D eigenvalue weighted by Crippen LogP contribution is -2.24. The van der Waals surface area contributed by atoms with Crippen molar-refractivity contribution >= 4 is 28.3 Å². The van der Waals surface area contributed by atoms with E-state index < -0.39 is 0 Å². The predicted molar refractivity (Wildman–Crippen MR) is 98.4 cm³/mol. The van der Waals surface area contributed by atoms with E-state index in [1.165, 1.54) is 0 Å². The summed E-state index contributed by atoms with van der Waals surface area (Å²) < 4.78 is 3.31. The molecule has 0 atom stereocenters. The summed E-state index contributed by atoms with van der Waals surface area (Å²) in [5.41, 5.74) is 2.11. The number of hydrogen-bond donors (Lipinski definition) is 0. The highest BCUT2D eigenvalue weighted by Gasteiger charge is 2.17. The number of nitrogens with zero attached hydrogens (tertiary/aromatic N) is 5. The minimum atomic E-state index is -0.142. The first-order chi connectivity index (χ1) is 12.3. The summed E-state index contributed by atoms with van der Waals surface area (Å²) in [6.07, 6.45) is 13.1. The van der Waals surface area contributed by atoms with E-state index in [0.29, 0.717) is 29.3 Å². The number of pyridine rings is 1. The van der Waals surface area contributed by atoms with Crippen molar-refractivity contribution < 1.29 is 0 Å². The van der Waals surface area contributed by atoms with Gasteiger partial charge in [0.1, 0.15) is 11.2 Å². The fourth-order valence-corrected chi connectivity index (χ4v) is 3.12. The van der Waals surface area contributed by atoms with Crippen LogP contribution in [-0.4, -0.2) is 30.2 Å². The van der Waals surface area contributed by atoms with Crippen LogP contribution in [0.25, 0.3) is 28.1 Å². The number of halogens is 1. The summed E-state index contributed by atoms with van der Waals surface area (Å²) in [7, 11) is 0. The average molecular weight is 354 g/mol. The first-order valence-electron chi connectivity index (χ1n) is 8.11. The van der Waals surface area contributed by atoms with Gasteiger partial charge in [-0.05, 0) is 31.1 Å². The van der Waals surface area contributed by atoms with E-state index in [0.717, 1.165) is 24.1 Å². The summed E-state index contributed by atoms with van der Waals surface area (Å²) in [5.74, 6) is 0.871. The molecular weight excluding hydrogens is 338 g/mol. The molecule has 1 aliphatic carbocycles. The molecule has 0 aromatic carbocycles. The second kappa shape index (κ2) is 6.64. The van der Waals surface area contributed by atoms with Gasteiger partial charge in [0.05, 0.1) is 11.9 Å². The van der Waals surface area contributed by atoms with Crippen LogP contribution in [0.1, 0.15) is 12.8 Å². The van der Waals surface area contributed by atoms with Gasteiger partial charge in [0, 0.05) is 30.4 Å². The van der Waals surface area contributed by atoms with Crippen molar-refractivity contribution in [2.45, 2.75) is 19.4 Å². The van der Waals surface area contributed by atoms with Gasteiger partial charge in [-0.15, -0.1) is 11.6 Å². The van der Waals surface area contributed by atoms with Gasteiger partial charge >= 0.3 is 0 Å². The number of hydrogen-bond acceptors (Lipinski definition) is 4. The van der Waals surface area contributed by atoms with Crippen molar-refractivity contribution in [1.29, 1.82) is 0 Å². The number of fused-ring (bicyclic) bond motifs is 1. The summed E-state index contributed by atoms with van der Waals surface area (Å²) in [4.78, 5) is 21.9. The molecule has 0 unspecified atom stereocenters. The van der Waals surface area contributed by atoms with E-state index in [9.17, 15) is 4.79 Å². The monoisotopic (exact) mass is 353 g/mol. The van der Waals surface area contributed by atoms with Gasteiger partial charge in [-0.25, -0.2) is 9.67 Å². The Hall–Kier alpha value is -2.73. The van der Waals surface area contributed by atoms with E-state index in [2.05, 4.69) is 22.2 Å². The summed E-state index contributed by atoms with van der Waals surface area (Å²) in [6.45, 7) is 0.376. The van der Waals surface area contributed by atoms with Crippen molar-refractivity contribution in [3.05, 3.63) is 59.3 Å². The van der Waals surface area contributed by atoms with Crippen LogP contribution in [0.5, 0.6) is 0 Å². The van der Waals surface area contributed by atoms with E-state index >= 15 is 0 Å². The van der Waals surface area contributed by atoms with E-state index in [1.807, 2.05) is 18.2 Å². The highest BCUT2D eigenvalue weighted by molar-refractivity contribution is 6.17. The van der Waals surface area contributed by atoms with Crippen molar-refractivity contribution in [2.75, 3.05) is 5.88 Å². The van der Waals surface area contributed by atoms with Gasteiger partial charge in [0.2, 0.25) is 0 Å². The molecule has 3 heterocycles. The van der Waals surface area contributed by atoms with E-state index in [-0.39, 0.29) is 5.56 Å². The third-order valence-corrected chi connectivity index (χ3v) is 4.30. The minimum Gasteiger partial charge on any atom is -0.291 e. The maximum Gasteiger partial charge on any atom is 0.264 e. The zero-order valence-electron chi connectivity index (χ0n) is 13.5. The lowest BCUT2D eigenvalue weighted by atomic mass is 10.1. The fourth-order valence-electron chi connectivity index (χ4n) is 2.96. The molecule has 0 amide bonds. The van der Waals surface area contributed by atoms with Crippen LogP contribution in [0.15, 0.2) is 53.7 Å². The summed E-state index contributed by atoms with van der Waals surface area (Å²) in [5, 5.41) is 4.87. The SMILES string of the molecule is O=c1c2cnn(C3=CCCC=C3)c2nc(-c2cccnc2)n1CCCl. The molecule has 3 aromatic heterocycles. The van der Waals surface area contributed by atoms with Crippen molar-refractivity contribution in [3.63, 3.8) is 0 Å². The Morgan fingerprint density at radius 3 is 2.88 bits per heavy atom. The highest BCUT2D eigenvalue weighted by Crippen LogP contribution is 2.22. The third kappa shape index (κ3) is 2.78. The number of allylic oxidation sites excluding steroid dienone is 4. The van der Waals surface area contributed by atoms with Crippen molar-refractivity contribution in [3.8, 4) is 11.4 Å². The Balaban J connectivity index is 1.99. The van der Waals surface area contributed by atoms with Crippen LogP contribution in [0.2, 0.25) is 0 Å². The molecule has 0 bridgehead atoms. The first kappa shape index (κ1) is 15.8. The van der Waals surface area contributed by atoms with Crippen LogP contribution in [0.3, 0.4) is 0 Å². The van der Waals surface area contributed by atoms with Crippen LogP contribution in [0.4, 0.5) is 0 Å². The molecule has 126 valence electrons. The first-order valence-corrected chi connectivity index (χ1v) is 8.65. The lowest BCUT2D eigenvalue weighted by molar-refractivity contribution is 0.731. The smallest absolute Gasteiger partial charge is 0.264 e. The molecule has 0 fully saturated rings. The van der Waals surface area contributed by atoms with E-state index in [4.69, 9.17) is 16.6 Å². The normalized spacial score (nSPS) is 14.0. The Bertz CT molecular complexity index is 1030. The molecule has 0 N–H and O–H groups in total. The molecule has 1 aliphatic rings. The Morgan fingerprint density at radius 1 is 1.24 bits per heavy atom. The Morgan fingerprint density at radius 2 is 2.16 bits per heavy atom. The lowest BCUT2D eigenvalue weighted by Gasteiger charge is -2.12. The number of rotatable bonds is 4. The molecule has 4 rings (SSSR count). The summed E-state index contributed by atoms with van der Waals surface area (Å²) in [6, 6.07) is 3.70. The van der Waals surface area contributed by atoms with Crippen LogP contribution in [-0.2, 0) is 6.54 Å². The highest BCUT2D eigenvalue weighted by atomic mass is 35.5.